The highest BCUT2D eigenvalue weighted by Gasteiger charge is 2.47. The van der Waals surface area contributed by atoms with Gasteiger partial charge in [-0.1, -0.05) is 0 Å². The topological polar surface area (TPSA) is 93.7 Å². The summed E-state index contributed by atoms with van der Waals surface area (Å²) in [5, 5.41) is 3.18. The average Bonchev–Trinajstić information content (AvgIpc) is 3.21. The fraction of sp³-hybridized carbons (Fsp3) is 0.308. The van der Waals surface area contributed by atoms with E-state index in [2.05, 4.69) is 15.3 Å². The zero-order valence-corrected chi connectivity index (χ0v) is 19.4. The van der Waals surface area contributed by atoms with Crippen molar-refractivity contribution in [1.82, 2.24) is 14.9 Å². The van der Waals surface area contributed by atoms with Gasteiger partial charge in [0.05, 0.1) is 25.6 Å². The number of fused-ring (bicyclic) bond motifs is 1. The number of aryl methyl sites for hydroxylation is 2. The maximum Gasteiger partial charge on any atom is 0.253 e. The van der Waals surface area contributed by atoms with Crippen molar-refractivity contribution in [3.8, 4) is 11.5 Å². The smallest absolute Gasteiger partial charge is 0.253 e. The zero-order chi connectivity index (χ0) is 23.9. The minimum atomic E-state index is -0.684. The van der Waals surface area contributed by atoms with Crippen molar-refractivity contribution >= 4 is 23.3 Å². The van der Waals surface area contributed by atoms with Crippen molar-refractivity contribution in [3.63, 3.8) is 0 Å². The Balaban J connectivity index is 1.27. The van der Waals surface area contributed by atoms with E-state index in [0.29, 0.717) is 48.1 Å². The third-order valence-corrected chi connectivity index (χ3v) is 6.27. The lowest BCUT2D eigenvalue weighted by atomic mass is 9.89. The van der Waals surface area contributed by atoms with E-state index < -0.39 is 5.60 Å². The van der Waals surface area contributed by atoms with Gasteiger partial charge in [0, 0.05) is 35.6 Å². The van der Waals surface area contributed by atoms with Crippen molar-refractivity contribution in [2.24, 2.45) is 0 Å². The summed E-state index contributed by atoms with van der Waals surface area (Å²) in [6, 6.07) is 14.4. The molecular weight excluding hydrogens is 432 g/mol. The molecule has 1 atom stereocenters. The van der Waals surface area contributed by atoms with E-state index in [1.807, 2.05) is 32.0 Å². The molecule has 3 aromatic rings. The summed E-state index contributed by atoms with van der Waals surface area (Å²) in [5.41, 5.74) is 3.00. The normalized spacial score (nSPS) is 19.0. The second kappa shape index (κ2) is 8.44. The maximum absolute atomic E-state index is 13.2. The maximum atomic E-state index is 13.2. The standard InChI is InChI=1S/C26H26N4O4/c1-16-12-17(2)28-25(27-16)29-19-6-4-18(5-7-19)24(32)30-11-10-26(15-30)14-22(31)21-13-20(33-3)8-9-23(21)34-26/h4-9,12-13H,10-11,14-15H2,1-3H3,(H,27,28,29). The molecule has 2 aliphatic heterocycles. The zero-order valence-electron chi connectivity index (χ0n) is 19.4. The van der Waals surface area contributed by atoms with E-state index in [0.717, 1.165) is 17.1 Å². The van der Waals surface area contributed by atoms with E-state index in [1.54, 1.807) is 42.3 Å². The number of ether oxygens (including phenoxy) is 2. The number of amides is 1. The molecule has 0 aliphatic carbocycles. The molecule has 1 saturated heterocycles. The Hall–Kier alpha value is -3.94. The second-order valence-corrected chi connectivity index (χ2v) is 8.90. The first kappa shape index (κ1) is 21.9. The Labute approximate surface area is 197 Å². The first-order valence-electron chi connectivity index (χ1n) is 11.2. The number of likely N-dealkylation sites (tertiary alicyclic amines) is 1. The molecule has 1 aromatic heterocycles. The van der Waals surface area contributed by atoms with Crippen LogP contribution in [0, 0.1) is 13.8 Å². The number of hydrogen-bond donors (Lipinski definition) is 1. The van der Waals surface area contributed by atoms with Gasteiger partial charge in [-0.05, 0) is 62.4 Å². The molecule has 0 saturated carbocycles. The van der Waals surface area contributed by atoms with Gasteiger partial charge in [-0.15, -0.1) is 0 Å². The Bertz CT molecular complexity index is 1250. The van der Waals surface area contributed by atoms with Gasteiger partial charge in [0.2, 0.25) is 5.95 Å². The van der Waals surface area contributed by atoms with Crippen molar-refractivity contribution in [1.29, 1.82) is 0 Å². The van der Waals surface area contributed by atoms with Crippen LogP contribution in [0.2, 0.25) is 0 Å². The number of aromatic nitrogens is 2. The summed E-state index contributed by atoms with van der Waals surface area (Å²) in [6.45, 7) is 4.75. The number of nitrogens with zero attached hydrogens (tertiary/aromatic N) is 3. The lowest BCUT2D eigenvalue weighted by Crippen LogP contribution is -2.45. The van der Waals surface area contributed by atoms with E-state index >= 15 is 0 Å². The average molecular weight is 459 g/mol. The third kappa shape index (κ3) is 4.19. The quantitative estimate of drug-likeness (QED) is 0.629. The van der Waals surface area contributed by atoms with Gasteiger partial charge in [0.1, 0.15) is 17.1 Å². The highest BCUT2D eigenvalue weighted by Crippen LogP contribution is 2.40. The number of ketones is 1. The van der Waals surface area contributed by atoms with Crippen LogP contribution in [0.5, 0.6) is 11.5 Å². The Morgan fingerprint density at radius 2 is 1.82 bits per heavy atom. The largest absolute Gasteiger partial charge is 0.497 e. The fourth-order valence-electron chi connectivity index (χ4n) is 4.64. The summed E-state index contributed by atoms with van der Waals surface area (Å²) in [4.78, 5) is 36.5. The molecule has 2 aliphatic rings. The van der Waals surface area contributed by atoms with E-state index in [9.17, 15) is 9.59 Å². The van der Waals surface area contributed by atoms with Crippen LogP contribution in [0.3, 0.4) is 0 Å². The van der Waals surface area contributed by atoms with Crippen molar-refractivity contribution in [3.05, 3.63) is 71.0 Å². The molecule has 0 bridgehead atoms. The van der Waals surface area contributed by atoms with Gasteiger partial charge < -0.3 is 19.7 Å². The number of nitrogens with one attached hydrogen (secondary N) is 1. The molecule has 1 N–H and O–H groups in total. The number of benzene rings is 2. The molecule has 8 heteroatoms. The van der Waals surface area contributed by atoms with E-state index in [4.69, 9.17) is 9.47 Å². The predicted molar refractivity (Wildman–Crippen MR) is 127 cm³/mol. The minimum Gasteiger partial charge on any atom is -0.497 e. The van der Waals surface area contributed by atoms with Gasteiger partial charge in [0.15, 0.2) is 5.78 Å². The monoisotopic (exact) mass is 458 g/mol. The summed E-state index contributed by atoms with van der Waals surface area (Å²) >= 11 is 0. The van der Waals surface area contributed by atoms with Crippen LogP contribution in [0.1, 0.15) is 44.9 Å². The number of rotatable bonds is 4. The molecule has 1 unspecified atom stereocenters. The molecule has 1 spiro atoms. The first-order valence-corrected chi connectivity index (χ1v) is 11.2. The number of Topliss-reactive ketones (excluding diaryl/α,β-unsaturated/α-hetero) is 1. The van der Waals surface area contributed by atoms with Crippen LogP contribution in [-0.2, 0) is 0 Å². The van der Waals surface area contributed by atoms with Crippen LogP contribution >= 0.6 is 0 Å². The molecule has 3 heterocycles. The molecular formula is C26H26N4O4. The molecule has 2 aromatic carbocycles. The van der Waals surface area contributed by atoms with Crippen molar-refractivity contribution in [2.75, 3.05) is 25.5 Å². The first-order chi connectivity index (χ1) is 16.3. The molecule has 34 heavy (non-hydrogen) atoms. The molecule has 5 rings (SSSR count). The van der Waals surface area contributed by atoms with Crippen LogP contribution in [-0.4, -0.2) is 52.4 Å². The highest BCUT2D eigenvalue weighted by atomic mass is 16.5. The van der Waals surface area contributed by atoms with Crippen molar-refractivity contribution in [2.45, 2.75) is 32.3 Å². The number of methoxy groups -OCH3 is 1. The minimum absolute atomic E-state index is 0.0125. The van der Waals surface area contributed by atoms with Gasteiger partial charge in [-0.25, -0.2) is 9.97 Å². The predicted octanol–water partition coefficient (Wildman–Crippen LogP) is 4.10. The number of carbonyl (C=O) groups excluding carboxylic acids is 2. The number of anilines is 2. The van der Waals surface area contributed by atoms with Crippen LogP contribution < -0.4 is 14.8 Å². The molecule has 8 nitrogen and oxygen atoms in total. The van der Waals surface area contributed by atoms with Gasteiger partial charge in [-0.3, -0.25) is 9.59 Å². The van der Waals surface area contributed by atoms with E-state index in [1.165, 1.54) is 0 Å². The lowest BCUT2D eigenvalue weighted by Gasteiger charge is -2.34. The van der Waals surface area contributed by atoms with Crippen molar-refractivity contribution < 1.29 is 19.1 Å². The molecule has 0 radical (unpaired) electrons. The highest BCUT2D eigenvalue weighted by molar-refractivity contribution is 6.01. The summed E-state index contributed by atoms with van der Waals surface area (Å²) in [5.74, 6) is 1.63. The number of hydrogen-bond acceptors (Lipinski definition) is 7. The Morgan fingerprint density at radius 1 is 1.09 bits per heavy atom. The summed E-state index contributed by atoms with van der Waals surface area (Å²) in [7, 11) is 1.57. The van der Waals surface area contributed by atoms with Crippen LogP contribution in [0.25, 0.3) is 0 Å². The lowest BCUT2D eigenvalue weighted by molar-refractivity contribution is 0.0427. The van der Waals surface area contributed by atoms with Gasteiger partial charge >= 0.3 is 0 Å². The number of carbonyl (C=O) groups is 2. The summed E-state index contributed by atoms with van der Waals surface area (Å²) in [6.07, 6.45) is 0.856. The SMILES string of the molecule is COc1ccc2c(c1)C(=O)CC1(CCN(C(=O)c3ccc(Nc4nc(C)cc(C)n4)cc3)C1)O2. The fourth-order valence-corrected chi connectivity index (χ4v) is 4.64. The molecule has 174 valence electrons. The Kier molecular flexibility index (Phi) is 5.43. The van der Waals surface area contributed by atoms with E-state index in [-0.39, 0.29) is 18.1 Å². The molecule has 1 fully saturated rings. The van der Waals surface area contributed by atoms with Crippen LogP contribution in [0.4, 0.5) is 11.6 Å². The summed E-state index contributed by atoms with van der Waals surface area (Å²) < 4.78 is 11.5. The van der Waals surface area contributed by atoms with Gasteiger partial charge in [0.25, 0.3) is 5.91 Å². The van der Waals surface area contributed by atoms with Crippen LogP contribution in [0.15, 0.2) is 48.5 Å². The second-order valence-electron chi connectivity index (χ2n) is 8.90. The van der Waals surface area contributed by atoms with Gasteiger partial charge in [-0.2, -0.15) is 0 Å². The third-order valence-electron chi connectivity index (χ3n) is 6.27. The Morgan fingerprint density at radius 3 is 2.53 bits per heavy atom. The molecule has 1 amide bonds.